The second-order valence-corrected chi connectivity index (χ2v) is 6.70. The average molecular weight is 242 g/mol. The van der Waals surface area contributed by atoms with Gasteiger partial charge in [-0.25, -0.2) is 0 Å². The molecule has 1 N–H and O–H groups in total. The van der Waals surface area contributed by atoms with E-state index >= 15 is 0 Å². The number of nitrogens with one attached hydrogen (secondary N) is 1. The molecule has 0 aromatic heterocycles. The zero-order chi connectivity index (χ0) is 11.2. The Morgan fingerprint density at radius 2 is 1.94 bits per heavy atom. The molecule has 0 aliphatic carbocycles. The van der Waals surface area contributed by atoms with E-state index < -0.39 is 0 Å². The van der Waals surface area contributed by atoms with Crippen LogP contribution in [0.4, 0.5) is 0 Å². The van der Waals surface area contributed by atoms with Crippen molar-refractivity contribution in [1.82, 2.24) is 10.2 Å². The molecule has 2 aliphatic rings. The van der Waals surface area contributed by atoms with Crippen LogP contribution in [0, 0.1) is 5.92 Å². The molecule has 2 saturated heterocycles. The summed E-state index contributed by atoms with van der Waals surface area (Å²) < 4.78 is 0. The molecular weight excluding hydrogens is 216 g/mol. The molecule has 2 fully saturated rings. The zero-order valence-electron chi connectivity index (χ0n) is 10.6. The maximum Gasteiger partial charge on any atom is 0.00724 e. The molecule has 0 bridgehead atoms. The van der Waals surface area contributed by atoms with Crippen LogP contribution >= 0.6 is 11.8 Å². The molecule has 0 spiro atoms. The lowest BCUT2D eigenvalue weighted by atomic mass is 9.95. The van der Waals surface area contributed by atoms with Crippen LogP contribution in [0.3, 0.4) is 0 Å². The normalized spacial score (nSPS) is 26.1. The van der Waals surface area contributed by atoms with E-state index in [0.29, 0.717) is 0 Å². The SMILES string of the molecule is CC(SCCN1CCCC1)C1CCNCC1. The first-order valence-corrected chi connectivity index (χ1v) is 7.96. The number of hydrogen-bond acceptors (Lipinski definition) is 3. The Kier molecular flexibility index (Phi) is 5.46. The van der Waals surface area contributed by atoms with Crippen molar-refractivity contribution in [3.8, 4) is 0 Å². The Bertz CT molecular complexity index is 186. The van der Waals surface area contributed by atoms with Gasteiger partial charge in [-0.1, -0.05) is 6.92 Å². The second kappa shape index (κ2) is 6.87. The summed E-state index contributed by atoms with van der Waals surface area (Å²) in [5.41, 5.74) is 0. The zero-order valence-corrected chi connectivity index (χ0v) is 11.4. The van der Waals surface area contributed by atoms with E-state index in [2.05, 4.69) is 28.9 Å². The van der Waals surface area contributed by atoms with Gasteiger partial charge in [-0.05, 0) is 57.8 Å². The summed E-state index contributed by atoms with van der Waals surface area (Å²) in [5, 5.41) is 4.32. The molecule has 16 heavy (non-hydrogen) atoms. The Morgan fingerprint density at radius 3 is 2.62 bits per heavy atom. The van der Waals surface area contributed by atoms with E-state index in [9.17, 15) is 0 Å². The van der Waals surface area contributed by atoms with Gasteiger partial charge in [-0.2, -0.15) is 11.8 Å². The van der Waals surface area contributed by atoms with E-state index in [-0.39, 0.29) is 0 Å². The number of likely N-dealkylation sites (tertiary alicyclic amines) is 1. The van der Waals surface area contributed by atoms with Crippen LogP contribution in [0.5, 0.6) is 0 Å². The van der Waals surface area contributed by atoms with E-state index in [0.717, 1.165) is 11.2 Å². The van der Waals surface area contributed by atoms with E-state index in [1.807, 2.05) is 0 Å². The van der Waals surface area contributed by atoms with Gasteiger partial charge in [0.2, 0.25) is 0 Å². The van der Waals surface area contributed by atoms with Gasteiger partial charge in [0, 0.05) is 17.5 Å². The molecule has 2 aliphatic heterocycles. The number of nitrogens with zero attached hydrogens (tertiary/aromatic N) is 1. The van der Waals surface area contributed by atoms with Crippen molar-refractivity contribution >= 4 is 11.8 Å². The first-order chi connectivity index (χ1) is 7.86. The molecule has 0 aromatic carbocycles. The third-order valence-electron chi connectivity index (χ3n) is 4.03. The van der Waals surface area contributed by atoms with E-state index in [1.165, 1.54) is 64.2 Å². The molecule has 1 atom stereocenters. The topological polar surface area (TPSA) is 15.3 Å². The van der Waals surface area contributed by atoms with Gasteiger partial charge in [-0.3, -0.25) is 0 Å². The fourth-order valence-corrected chi connectivity index (χ4v) is 4.10. The quantitative estimate of drug-likeness (QED) is 0.796. The average Bonchev–Trinajstić information content (AvgIpc) is 2.83. The van der Waals surface area contributed by atoms with Gasteiger partial charge >= 0.3 is 0 Å². The summed E-state index contributed by atoms with van der Waals surface area (Å²) in [4.78, 5) is 2.63. The van der Waals surface area contributed by atoms with Crippen molar-refractivity contribution in [1.29, 1.82) is 0 Å². The van der Waals surface area contributed by atoms with Gasteiger partial charge < -0.3 is 10.2 Å². The minimum absolute atomic E-state index is 0.865. The Labute approximate surface area is 105 Å². The predicted molar refractivity (Wildman–Crippen MR) is 73.2 cm³/mol. The van der Waals surface area contributed by atoms with E-state index in [4.69, 9.17) is 0 Å². The molecule has 3 heteroatoms. The largest absolute Gasteiger partial charge is 0.317 e. The van der Waals surface area contributed by atoms with Crippen LogP contribution in [0.2, 0.25) is 0 Å². The minimum atomic E-state index is 0.865. The van der Waals surface area contributed by atoms with Gasteiger partial charge in [0.1, 0.15) is 0 Å². The van der Waals surface area contributed by atoms with Gasteiger partial charge in [0.15, 0.2) is 0 Å². The Morgan fingerprint density at radius 1 is 1.25 bits per heavy atom. The molecule has 2 nitrogen and oxygen atoms in total. The summed E-state index contributed by atoms with van der Waals surface area (Å²) in [6, 6.07) is 0. The standard InChI is InChI=1S/C13H26N2S/c1-12(13-4-6-14-7-5-13)16-11-10-15-8-2-3-9-15/h12-14H,2-11H2,1H3. The highest BCUT2D eigenvalue weighted by atomic mass is 32.2. The van der Waals surface area contributed by atoms with Crippen LogP contribution in [-0.4, -0.2) is 48.6 Å². The summed E-state index contributed by atoms with van der Waals surface area (Å²) in [5.74, 6) is 2.30. The van der Waals surface area contributed by atoms with Gasteiger partial charge in [0.05, 0.1) is 0 Å². The van der Waals surface area contributed by atoms with E-state index in [1.54, 1.807) is 0 Å². The summed E-state index contributed by atoms with van der Waals surface area (Å²) in [6.07, 6.45) is 5.62. The fraction of sp³-hybridized carbons (Fsp3) is 1.00. The monoisotopic (exact) mass is 242 g/mol. The highest BCUT2D eigenvalue weighted by molar-refractivity contribution is 7.99. The third-order valence-corrected chi connectivity index (χ3v) is 5.36. The molecule has 94 valence electrons. The van der Waals surface area contributed by atoms with Crippen molar-refractivity contribution in [2.75, 3.05) is 38.5 Å². The summed E-state index contributed by atoms with van der Waals surface area (Å²) >= 11 is 2.20. The molecular formula is C13H26N2S. The third kappa shape index (κ3) is 3.94. The molecule has 0 aromatic rings. The van der Waals surface area contributed by atoms with Crippen molar-refractivity contribution in [3.63, 3.8) is 0 Å². The van der Waals surface area contributed by atoms with Crippen LogP contribution in [0.15, 0.2) is 0 Å². The van der Waals surface area contributed by atoms with Crippen molar-refractivity contribution in [2.45, 2.75) is 37.9 Å². The Balaban J connectivity index is 1.57. The molecule has 2 rings (SSSR count). The highest BCUT2D eigenvalue weighted by Crippen LogP contribution is 2.26. The lowest BCUT2D eigenvalue weighted by Gasteiger charge is -2.28. The van der Waals surface area contributed by atoms with Crippen LogP contribution < -0.4 is 5.32 Å². The molecule has 0 amide bonds. The maximum atomic E-state index is 3.45. The van der Waals surface area contributed by atoms with Crippen LogP contribution in [-0.2, 0) is 0 Å². The van der Waals surface area contributed by atoms with Gasteiger partial charge in [-0.15, -0.1) is 0 Å². The molecule has 1 unspecified atom stereocenters. The second-order valence-electron chi connectivity index (χ2n) is 5.21. The lowest BCUT2D eigenvalue weighted by Crippen LogP contribution is -2.32. The minimum Gasteiger partial charge on any atom is -0.317 e. The molecule has 2 heterocycles. The molecule has 0 saturated carbocycles. The highest BCUT2D eigenvalue weighted by Gasteiger charge is 2.20. The summed E-state index contributed by atoms with van der Waals surface area (Å²) in [6.45, 7) is 8.93. The van der Waals surface area contributed by atoms with Crippen LogP contribution in [0.1, 0.15) is 32.6 Å². The number of hydrogen-bond donors (Lipinski definition) is 1. The maximum absolute atomic E-state index is 3.45. The van der Waals surface area contributed by atoms with Crippen molar-refractivity contribution in [2.24, 2.45) is 5.92 Å². The Hall–Kier alpha value is 0.270. The van der Waals surface area contributed by atoms with Crippen molar-refractivity contribution < 1.29 is 0 Å². The summed E-state index contributed by atoms with van der Waals surface area (Å²) in [7, 11) is 0. The number of piperidine rings is 1. The number of rotatable bonds is 5. The number of thioether (sulfide) groups is 1. The predicted octanol–water partition coefficient (Wildman–Crippen LogP) is 2.20. The first kappa shape index (κ1) is 12.7. The van der Waals surface area contributed by atoms with Crippen molar-refractivity contribution in [3.05, 3.63) is 0 Å². The lowest BCUT2D eigenvalue weighted by molar-refractivity contribution is 0.358. The van der Waals surface area contributed by atoms with Gasteiger partial charge in [0.25, 0.3) is 0 Å². The fourth-order valence-electron chi connectivity index (χ4n) is 2.82. The molecule has 0 radical (unpaired) electrons. The first-order valence-electron chi connectivity index (χ1n) is 6.91. The van der Waals surface area contributed by atoms with Crippen LogP contribution in [0.25, 0.3) is 0 Å². The smallest absolute Gasteiger partial charge is 0.00724 e.